The van der Waals surface area contributed by atoms with Crippen molar-refractivity contribution in [2.75, 3.05) is 24.5 Å². The molecule has 2 aromatic carbocycles. The molecule has 31 heavy (non-hydrogen) atoms. The van der Waals surface area contributed by atoms with Crippen LogP contribution in [0.4, 0.5) is 5.13 Å². The van der Waals surface area contributed by atoms with Gasteiger partial charge in [-0.2, -0.15) is 4.31 Å². The van der Waals surface area contributed by atoms with Gasteiger partial charge in [0.25, 0.3) is 0 Å². The van der Waals surface area contributed by atoms with Crippen LogP contribution in [0.1, 0.15) is 30.9 Å². The molecular weight excluding hydrogens is 430 g/mol. The van der Waals surface area contributed by atoms with E-state index in [9.17, 15) is 13.2 Å². The lowest BCUT2D eigenvalue weighted by atomic mass is 9.96. The van der Waals surface area contributed by atoms with E-state index < -0.39 is 10.0 Å². The number of nitrogens with zero attached hydrogens (tertiary/aromatic N) is 3. The Morgan fingerprint density at radius 1 is 1.13 bits per heavy atom. The average Bonchev–Trinajstić information content (AvgIpc) is 3.19. The van der Waals surface area contributed by atoms with Crippen molar-refractivity contribution in [1.82, 2.24) is 9.29 Å². The molecule has 0 unspecified atom stereocenters. The zero-order valence-corrected chi connectivity index (χ0v) is 19.7. The minimum absolute atomic E-state index is 0.0322. The molecule has 1 aromatic heterocycles. The van der Waals surface area contributed by atoms with Gasteiger partial charge in [-0.15, -0.1) is 0 Å². The molecule has 0 N–H and O–H groups in total. The summed E-state index contributed by atoms with van der Waals surface area (Å²) in [5.74, 6) is -0.164. The second-order valence-electron chi connectivity index (χ2n) is 7.97. The number of amides is 1. The Bertz CT molecular complexity index is 1180. The maximum atomic E-state index is 13.2. The SMILES string of the molecule is CCN(C(=O)C1CCN(S(=O)(=O)c2ccc(C)c(C)c2)CC1)c1nc2ccccc2s1. The molecule has 1 amide bonds. The van der Waals surface area contributed by atoms with E-state index in [1.54, 1.807) is 17.0 Å². The minimum atomic E-state index is -3.55. The summed E-state index contributed by atoms with van der Waals surface area (Å²) in [5, 5.41) is 0.707. The van der Waals surface area contributed by atoms with Crippen molar-refractivity contribution in [2.24, 2.45) is 5.92 Å². The first-order chi connectivity index (χ1) is 14.8. The van der Waals surface area contributed by atoms with Gasteiger partial charge in [-0.3, -0.25) is 9.69 Å². The molecule has 2 heterocycles. The molecule has 164 valence electrons. The fourth-order valence-corrected chi connectivity index (χ4v) is 6.54. The number of hydrogen-bond acceptors (Lipinski definition) is 5. The highest BCUT2D eigenvalue weighted by Crippen LogP contribution is 2.32. The summed E-state index contributed by atoms with van der Waals surface area (Å²) in [5.41, 5.74) is 2.92. The highest BCUT2D eigenvalue weighted by Gasteiger charge is 2.34. The minimum Gasteiger partial charge on any atom is -0.288 e. The highest BCUT2D eigenvalue weighted by molar-refractivity contribution is 7.89. The molecule has 0 atom stereocenters. The van der Waals surface area contributed by atoms with Gasteiger partial charge in [0.05, 0.1) is 15.1 Å². The topological polar surface area (TPSA) is 70.6 Å². The van der Waals surface area contributed by atoms with Crippen LogP contribution >= 0.6 is 11.3 Å². The van der Waals surface area contributed by atoms with Gasteiger partial charge >= 0.3 is 0 Å². The summed E-state index contributed by atoms with van der Waals surface area (Å²) in [7, 11) is -3.55. The molecule has 4 rings (SSSR count). The predicted molar refractivity (Wildman–Crippen MR) is 125 cm³/mol. The molecule has 8 heteroatoms. The van der Waals surface area contributed by atoms with Crippen molar-refractivity contribution in [2.45, 2.75) is 38.5 Å². The van der Waals surface area contributed by atoms with Gasteiger partial charge in [-0.05, 0) is 69.0 Å². The number of aryl methyl sites for hydroxylation is 2. The van der Waals surface area contributed by atoms with Crippen LogP contribution in [-0.2, 0) is 14.8 Å². The first kappa shape index (κ1) is 21.9. The van der Waals surface area contributed by atoms with Crippen LogP contribution in [0.3, 0.4) is 0 Å². The van der Waals surface area contributed by atoms with Crippen LogP contribution in [0.25, 0.3) is 10.2 Å². The summed E-state index contributed by atoms with van der Waals surface area (Å²) in [6, 6.07) is 13.1. The Kier molecular flexibility index (Phi) is 6.14. The summed E-state index contributed by atoms with van der Waals surface area (Å²) in [6.07, 6.45) is 1.04. The van der Waals surface area contributed by atoms with Gasteiger partial charge < -0.3 is 0 Å². The Morgan fingerprint density at radius 3 is 2.48 bits per heavy atom. The maximum Gasteiger partial charge on any atom is 0.243 e. The van der Waals surface area contributed by atoms with Crippen LogP contribution < -0.4 is 4.90 Å². The van der Waals surface area contributed by atoms with Crippen molar-refractivity contribution in [3.05, 3.63) is 53.6 Å². The summed E-state index contributed by atoms with van der Waals surface area (Å²) in [6.45, 7) is 7.07. The van der Waals surface area contributed by atoms with E-state index in [1.807, 2.05) is 51.1 Å². The summed E-state index contributed by atoms with van der Waals surface area (Å²) in [4.78, 5) is 19.9. The number of anilines is 1. The van der Waals surface area contributed by atoms with Gasteiger partial charge in [0, 0.05) is 25.6 Å². The van der Waals surface area contributed by atoms with E-state index in [0.29, 0.717) is 42.5 Å². The second-order valence-corrected chi connectivity index (χ2v) is 10.9. The number of carbonyl (C=O) groups is 1. The monoisotopic (exact) mass is 457 g/mol. The van der Waals surface area contributed by atoms with Crippen molar-refractivity contribution in [1.29, 1.82) is 0 Å². The summed E-state index contributed by atoms with van der Waals surface area (Å²) >= 11 is 1.51. The van der Waals surface area contributed by atoms with Gasteiger partial charge in [0.2, 0.25) is 15.9 Å². The van der Waals surface area contributed by atoms with Gasteiger partial charge in [0.1, 0.15) is 0 Å². The Labute approximate surface area is 187 Å². The third kappa shape index (κ3) is 4.24. The third-order valence-corrected chi connectivity index (χ3v) is 8.97. The van der Waals surface area contributed by atoms with Crippen LogP contribution in [0.15, 0.2) is 47.4 Å². The van der Waals surface area contributed by atoms with E-state index in [-0.39, 0.29) is 11.8 Å². The van der Waals surface area contributed by atoms with Crippen LogP contribution in [-0.4, -0.2) is 43.2 Å². The lowest BCUT2D eigenvalue weighted by Crippen LogP contribution is -2.44. The van der Waals surface area contributed by atoms with Crippen molar-refractivity contribution < 1.29 is 13.2 Å². The lowest BCUT2D eigenvalue weighted by molar-refractivity contribution is -0.123. The van der Waals surface area contributed by atoms with E-state index >= 15 is 0 Å². The molecule has 1 fully saturated rings. The average molecular weight is 458 g/mol. The first-order valence-electron chi connectivity index (χ1n) is 10.6. The quantitative estimate of drug-likeness (QED) is 0.571. The number of para-hydroxylation sites is 1. The molecule has 0 aliphatic carbocycles. The normalized spacial score (nSPS) is 16.0. The molecule has 1 aliphatic rings. The van der Waals surface area contributed by atoms with Gasteiger partial charge in [-0.1, -0.05) is 29.5 Å². The molecule has 1 saturated heterocycles. The van der Waals surface area contributed by atoms with Crippen LogP contribution in [0, 0.1) is 19.8 Å². The van der Waals surface area contributed by atoms with E-state index in [2.05, 4.69) is 4.98 Å². The van der Waals surface area contributed by atoms with Gasteiger partial charge in [0.15, 0.2) is 5.13 Å². The molecule has 1 aliphatic heterocycles. The number of thiazole rings is 1. The number of carbonyl (C=O) groups excluding carboxylic acids is 1. The highest BCUT2D eigenvalue weighted by atomic mass is 32.2. The molecule has 0 spiro atoms. The molecular formula is C23H27N3O3S2. The fourth-order valence-electron chi connectivity index (χ4n) is 3.95. The number of benzene rings is 2. The molecule has 6 nitrogen and oxygen atoms in total. The number of sulfonamides is 1. The number of rotatable bonds is 5. The molecule has 3 aromatic rings. The number of hydrogen-bond donors (Lipinski definition) is 0. The standard InChI is InChI=1S/C23H27N3O3S2/c1-4-26(23-24-20-7-5-6-8-21(20)30-23)22(27)18-11-13-25(14-12-18)31(28,29)19-10-9-16(2)17(3)15-19/h5-10,15,18H,4,11-14H2,1-3H3. The van der Waals surface area contributed by atoms with Crippen LogP contribution in [0.2, 0.25) is 0 Å². The zero-order valence-electron chi connectivity index (χ0n) is 18.0. The third-order valence-electron chi connectivity index (χ3n) is 6.02. The van der Waals surface area contributed by atoms with Crippen LogP contribution in [0.5, 0.6) is 0 Å². The van der Waals surface area contributed by atoms with E-state index in [1.165, 1.54) is 15.6 Å². The maximum absolute atomic E-state index is 13.2. The Balaban J connectivity index is 1.47. The number of fused-ring (bicyclic) bond motifs is 1. The Morgan fingerprint density at radius 2 is 1.84 bits per heavy atom. The van der Waals surface area contributed by atoms with E-state index in [4.69, 9.17) is 0 Å². The van der Waals surface area contributed by atoms with Gasteiger partial charge in [-0.25, -0.2) is 13.4 Å². The first-order valence-corrected chi connectivity index (χ1v) is 12.8. The number of aromatic nitrogens is 1. The predicted octanol–water partition coefficient (Wildman–Crippen LogP) is 4.37. The fraction of sp³-hybridized carbons (Fsp3) is 0.391. The lowest BCUT2D eigenvalue weighted by Gasteiger charge is -2.32. The number of piperidine rings is 1. The molecule has 0 saturated carbocycles. The van der Waals surface area contributed by atoms with Crippen molar-refractivity contribution in [3.63, 3.8) is 0 Å². The molecule has 0 radical (unpaired) electrons. The smallest absolute Gasteiger partial charge is 0.243 e. The van der Waals surface area contributed by atoms with Crippen molar-refractivity contribution >= 4 is 42.6 Å². The zero-order chi connectivity index (χ0) is 22.2. The molecule has 0 bridgehead atoms. The largest absolute Gasteiger partial charge is 0.288 e. The van der Waals surface area contributed by atoms with E-state index in [0.717, 1.165) is 21.3 Å². The summed E-state index contributed by atoms with van der Waals surface area (Å²) < 4.78 is 28.7. The Hall–Kier alpha value is -2.29. The second kappa shape index (κ2) is 8.68. The van der Waals surface area contributed by atoms with Crippen molar-refractivity contribution in [3.8, 4) is 0 Å².